The van der Waals surface area contributed by atoms with Gasteiger partial charge in [0.05, 0.1) is 12.2 Å². The van der Waals surface area contributed by atoms with Crippen LogP contribution in [0.4, 0.5) is 0 Å². The monoisotopic (exact) mass is 261 g/mol. The molecule has 1 N–H and O–H groups in total. The van der Waals surface area contributed by atoms with E-state index in [2.05, 4.69) is 5.32 Å². The van der Waals surface area contributed by atoms with Crippen molar-refractivity contribution in [2.75, 3.05) is 13.2 Å². The zero-order valence-electron chi connectivity index (χ0n) is 11.3. The largest absolute Gasteiger partial charge is 0.381 e. The first kappa shape index (κ1) is 13.7. The maximum absolute atomic E-state index is 12.2. The summed E-state index contributed by atoms with van der Waals surface area (Å²) in [5, 5.41) is 2.96. The fraction of sp³-hybridized carbons (Fsp3) is 0.467. The molecule has 1 aliphatic rings. The average molecular weight is 261 g/mol. The second-order valence-electron chi connectivity index (χ2n) is 4.99. The molecule has 0 bridgehead atoms. The molecule has 0 aromatic heterocycles. The number of carbonyl (C=O) groups excluding carboxylic acids is 2. The number of amides is 1. The van der Waals surface area contributed by atoms with Crippen LogP contribution in [0.1, 0.15) is 41.0 Å². The van der Waals surface area contributed by atoms with E-state index in [0.717, 1.165) is 13.0 Å². The lowest BCUT2D eigenvalue weighted by molar-refractivity contribution is 0.0911. The first-order valence-electron chi connectivity index (χ1n) is 6.58. The molecule has 0 spiro atoms. The average Bonchev–Trinajstić information content (AvgIpc) is 2.92. The van der Waals surface area contributed by atoms with Crippen molar-refractivity contribution in [2.24, 2.45) is 5.92 Å². The Kier molecular flexibility index (Phi) is 4.32. The van der Waals surface area contributed by atoms with Crippen LogP contribution in [-0.4, -0.2) is 30.9 Å². The fourth-order valence-corrected chi connectivity index (χ4v) is 2.34. The highest BCUT2D eigenvalue weighted by atomic mass is 16.5. The second-order valence-corrected chi connectivity index (χ2v) is 4.99. The van der Waals surface area contributed by atoms with Gasteiger partial charge in [0.1, 0.15) is 0 Å². The van der Waals surface area contributed by atoms with Gasteiger partial charge >= 0.3 is 0 Å². The van der Waals surface area contributed by atoms with Gasteiger partial charge in [0.25, 0.3) is 5.91 Å². The van der Waals surface area contributed by atoms with E-state index in [1.807, 2.05) is 6.92 Å². The molecule has 1 fully saturated rings. The zero-order chi connectivity index (χ0) is 13.8. The Balaban J connectivity index is 2.09. The van der Waals surface area contributed by atoms with Crippen molar-refractivity contribution in [2.45, 2.75) is 26.3 Å². The Bertz CT molecular complexity index is 478. The number of hydrogen-bond donors (Lipinski definition) is 1. The van der Waals surface area contributed by atoms with E-state index in [0.29, 0.717) is 23.7 Å². The first-order valence-corrected chi connectivity index (χ1v) is 6.58. The lowest BCUT2D eigenvalue weighted by Crippen LogP contribution is -2.38. The number of hydrogen-bond acceptors (Lipinski definition) is 3. The quantitative estimate of drug-likeness (QED) is 0.844. The molecule has 4 heteroatoms. The van der Waals surface area contributed by atoms with E-state index < -0.39 is 0 Å². The number of benzene rings is 1. The SMILES string of the molecule is CC(=O)c1ccccc1C(=O)N[C@H](C)[C@H]1CCOC1. The molecule has 102 valence electrons. The molecule has 1 aliphatic heterocycles. The summed E-state index contributed by atoms with van der Waals surface area (Å²) in [7, 11) is 0. The normalized spacial score (nSPS) is 20.0. The third kappa shape index (κ3) is 3.20. The minimum Gasteiger partial charge on any atom is -0.381 e. The van der Waals surface area contributed by atoms with E-state index in [-0.39, 0.29) is 17.7 Å². The van der Waals surface area contributed by atoms with E-state index in [1.54, 1.807) is 24.3 Å². The van der Waals surface area contributed by atoms with Gasteiger partial charge in [0.15, 0.2) is 5.78 Å². The lowest BCUT2D eigenvalue weighted by Gasteiger charge is -2.19. The Hall–Kier alpha value is -1.68. The van der Waals surface area contributed by atoms with Crippen molar-refractivity contribution in [1.29, 1.82) is 0 Å². The third-order valence-electron chi connectivity index (χ3n) is 3.58. The molecule has 0 radical (unpaired) electrons. The van der Waals surface area contributed by atoms with Gasteiger partial charge in [-0.1, -0.05) is 18.2 Å². The summed E-state index contributed by atoms with van der Waals surface area (Å²) in [6.07, 6.45) is 0.968. The maximum atomic E-state index is 12.2. The van der Waals surface area contributed by atoms with E-state index >= 15 is 0 Å². The number of Topliss-reactive ketones (excluding diaryl/α,β-unsaturated/α-hetero) is 1. The van der Waals surface area contributed by atoms with Crippen molar-refractivity contribution < 1.29 is 14.3 Å². The number of nitrogens with one attached hydrogen (secondary N) is 1. The van der Waals surface area contributed by atoms with Crippen LogP contribution >= 0.6 is 0 Å². The lowest BCUT2D eigenvalue weighted by atomic mass is 9.99. The van der Waals surface area contributed by atoms with Crippen LogP contribution < -0.4 is 5.32 Å². The third-order valence-corrected chi connectivity index (χ3v) is 3.58. The van der Waals surface area contributed by atoms with Gasteiger partial charge in [-0.05, 0) is 26.3 Å². The number of rotatable bonds is 4. The van der Waals surface area contributed by atoms with Crippen molar-refractivity contribution in [3.63, 3.8) is 0 Å². The summed E-state index contributed by atoms with van der Waals surface area (Å²) < 4.78 is 5.32. The molecular formula is C15H19NO3. The van der Waals surface area contributed by atoms with Gasteiger partial charge in [0, 0.05) is 24.1 Å². The Labute approximate surface area is 113 Å². The number of ether oxygens (including phenoxy) is 1. The van der Waals surface area contributed by atoms with Crippen LogP contribution in [0.25, 0.3) is 0 Å². The van der Waals surface area contributed by atoms with Gasteiger partial charge < -0.3 is 10.1 Å². The van der Waals surface area contributed by atoms with Crippen molar-refractivity contribution >= 4 is 11.7 Å². The minimum atomic E-state index is -0.190. The predicted octanol–water partition coefficient (Wildman–Crippen LogP) is 2.04. The molecule has 4 nitrogen and oxygen atoms in total. The molecule has 1 heterocycles. The molecule has 1 amide bonds. The standard InChI is InChI=1S/C15H19NO3/c1-10(12-7-8-19-9-12)16-15(18)14-6-4-3-5-13(14)11(2)17/h3-6,10,12H,7-9H2,1-2H3,(H,16,18)/t10-,12+/m1/s1. The van der Waals surface area contributed by atoms with Gasteiger partial charge in [-0.3, -0.25) is 9.59 Å². The molecular weight excluding hydrogens is 242 g/mol. The molecule has 1 aromatic rings. The summed E-state index contributed by atoms with van der Waals surface area (Å²) in [6, 6.07) is 6.95. The Morgan fingerprint density at radius 1 is 1.32 bits per heavy atom. The molecule has 1 saturated heterocycles. The number of ketones is 1. The van der Waals surface area contributed by atoms with Gasteiger partial charge in [-0.25, -0.2) is 0 Å². The summed E-state index contributed by atoms with van der Waals surface area (Å²) in [5.41, 5.74) is 0.913. The summed E-state index contributed by atoms with van der Waals surface area (Å²) in [4.78, 5) is 23.7. The van der Waals surface area contributed by atoms with Crippen molar-refractivity contribution in [1.82, 2.24) is 5.32 Å². The van der Waals surface area contributed by atoms with Crippen LogP contribution in [0, 0.1) is 5.92 Å². The maximum Gasteiger partial charge on any atom is 0.252 e. The molecule has 0 saturated carbocycles. The second kappa shape index (κ2) is 5.97. The highest BCUT2D eigenvalue weighted by molar-refractivity contribution is 6.07. The van der Waals surface area contributed by atoms with Crippen molar-refractivity contribution in [3.8, 4) is 0 Å². The van der Waals surface area contributed by atoms with Crippen LogP contribution in [0.15, 0.2) is 24.3 Å². The van der Waals surface area contributed by atoms with E-state index in [4.69, 9.17) is 4.74 Å². The Morgan fingerprint density at radius 2 is 2.00 bits per heavy atom. The molecule has 19 heavy (non-hydrogen) atoms. The smallest absolute Gasteiger partial charge is 0.252 e. The summed E-state index contributed by atoms with van der Waals surface area (Å²) in [5.74, 6) is 0.0706. The van der Waals surface area contributed by atoms with Crippen LogP contribution in [0.5, 0.6) is 0 Å². The van der Waals surface area contributed by atoms with E-state index in [1.165, 1.54) is 6.92 Å². The molecule has 2 atom stereocenters. The van der Waals surface area contributed by atoms with Crippen molar-refractivity contribution in [3.05, 3.63) is 35.4 Å². The predicted molar refractivity (Wildman–Crippen MR) is 72.3 cm³/mol. The van der Waals surface area contributed by atoms with Crippen LogP contribution in [0.2, 0.25) is 0 Å². The van der Waals surface area contributed by atoms with Gasteiger partial charge in [0.2, 0.25) is 0 Å². The first-order chi connectivity index (χ1) is 9.09. The Morgan fingerprint density at radius 3 is 2.58 bits per heavy atom. The highest BCUT2D eigenvalue weighted by Gasteiger charge is 2.24. The summed E-state index contributed by atoms with van der Waals surface area (Å²) in [6.45, 7) is 4.90. The highest BCUT2D eigenvalue weighted by Crippen LogP contribution is 2.17. The summed E-state index contributed by atoms with van der Waals surface area (Å²) >= 11 is 0. The molecule has 1 aromatic carbocycles. The number of carbonyl (C=O) groups is 2. The van der Waals surface area contributed by atoms with Crippen LogP contribution in [0.3, 0.4) is 0 Å². The van der Waals surface area contributed by atoms with Gasteiger partial charge in [-0.2, -0.15) is 0 Å². The molecule has 2 rings (SSSR count). The minimum absolute atomic E-state index is 0.0509. The van der Waals surface area contributed by atoms with E-state index in [9.17, 15) is 9.59 Å². The van der Waals surface area contributed by atoms with Crippen LogP contribution in [-0.2, 0) is 4.74 Å². The molecule has 0 unspecified atom stereocenters. The topological polar surface area (TPSA) is 55.4 Å². The van der Waals surface area contributed by atoms with Gasteiger partial charge in [-0.15, -0.1) is 0 Å². The molecule has 0 aliphatic carbocycles. The fourth-order valence-electron chi connectivity index (χ4n) is 2.34. The zero-order valence-corrected chi connectivity index (χ0v) is 11.3.